The molecule has 1 rings (SSSR count). The maximum Gasteiger partial charge on any atom is 0.251 e. The standard InChI is InChI=1S/C16H25NO2/c1-3-4-5-6-7-8-11-17-16(19)14-9-10-15(18)13(2)12-14/h9-10,12,18H,3-8,11H2,1-2H3,(H,17,19). The maximum absolute atomic E-state index is 11.9. The zero-order valence-corrected chi connectivity index (χ0v) is 12.0. The van der Waals surface area contributed by atoms with Crippen LogP contribution in [0.1, 0.15) is 61.4 Å². The molecule has 0 aliphatic rings. The van der Waals surface area contributed by atoms with Crippen LogP contribution >= 0.6 is 0 Å². The van der Waals surface area contributed by atoms with Gasteiger partial charge < -0.3 is 10.4 Å². The zero-order valence-electron chi connectivity index (χ0n) is 12.0. The van der Waals surface area contributed by atoms with Gasteiger partial charge in [-0.25, -0.2) is 0 Å². The molecule has 0 aliphatic heterocycles. The molecule has 19 heavy (non-hydrogen) atoms. The fourth-order valence-corrected chi connectivity index (χ4v) is 2.01. The van der Waals surface area contributed by atoms with Crippen molar-refractivity contribution in [2.45, 2.75) is 52.4 Å². The molecule has 0 aliphatic carbocycles. The number of carbonyl (C=O) groups excluding carboxylic acids is 1. The van der Waals surface area contributed by atoms with E-state index in [9.17, 15) is 9.90 Å². The lowest BCUT2D eigenvalue weighted by Gasteiger charge is -2.06. The van der Waals surface area contributed by atoms with E-state index >= 15 is 0 Å². The number of benzene rings is 1. The number of carbonyl (C=O) groups is 1. The molecule has 0 spiro atoms. The number of aryl methyl sites for hydroxylation is 1. The van der Waals surface area contributed by atoms with Gasteiger partial charge in [0.1, 0.15) is 5.75 Å². The molecule has 0 heterocycles. The summed E-state index contributed by atoms with van der Waals surface area (Å²) in [4.78, 5) is 11.9. The van der Waals surface area contributed by atoms with Gasteiger partial charge in [0.05, 0.1) is 0 Å². The minimum absolute atomic E-state index is 0.0586. The van der Waals surface area contributed by atoms with E-state index in [2.05, 4.69) is 12.2 Å². The SMILES string of the molecule is CCCCCCCCNC(=O)c1ccc(O)c(C)c1. The van der Waals surface area contributed by atoms with Crippen LogP contribution in [0.15, 0.2) is 18.2 Å². The Bertz CT molecular complexity index is 402. The third-order valence-electron chi connectivity index (χ3n) is 3.27. The highest BCUT2D eigenvalue weighted by Crippen LogP contribution is 2.16. The number of hydrogen-bond acceptors (Lipinski definition) is 2. The third kappa shape index (κ3) is 5.77. The number of rotatable bonds is 8. The number of phenols is 1. The smallest absolute Gasteiger partial charge is 0.251 e. The second kappa shape index (κ2) is 8.57. The lowest BCUT2D eigenvalue weighted by atomic mass is 10.1. The van der Waals surface area contributed by atoms with Crippen molar-refractivity contribution in [2.75, 3.05) is 6.54 Å². The fourth-order valence-electron chi connectivity index (χ4n) is 2.01. The monoisotopic (exact) mass is 263 g/mol. The van der Waals surface area contributed by atoms with Gasteiger partial charge in [0.25, 0.3) is 5.91 Å². The van der Waals surface area contributed by atoms with Crippen LogP contribution in [0, 0.1) is 6.92 Å². The van der Waals surface area contributed by atoms with Crippen molar-refractivity contribution in [1.29, 1.82) is 0 Å². The van der Waals surface area contributed by atoms with Gasteiger partial charge in [0, 0.05) is 12.1 Å². The zero-order chi connectivity index (χ0) is 14.1. The van der Waals surface area contributed by atoms with Crippen LogP contribution in [0.25, 0.3) is 0 Å². The van der Waals surface area contributed by atoms with E-state index in [-0.39, 0.29) is 11.7 Å². The molecule has 1 amide bonds. The van der Waals surface area contributed by atoms with Crippen molar-refractivity contribution >= 4 is 5.91 Å². The van der Waals surface area contributed by atoms with E-state index in [1.165, 1.54) is 32.1 Å². The topological polar surface area (TPSA) is 49.3 Å². The van der Waals surface area contributed by atoms with Gasteiger partial charge in [0.2, 0.25) is 0 Å². The Hall–Kier alpha value is -1.51. The summed E-state index contributed by atoms with van der Waals surface area (Å²) in [6.07, 6.45) is 7.32. The summed E-state index contributed by atoms with van der Waals surface area (Å²) in [7, 11) is 0. The highest BCUT2D eigenvalue weighted by atomic mass is 16.3. The Morgan fingerprint density at radius 1 is 1.16 bits per heavy atom. The van der Waals surface area contributed by atoms with Gasteiger partial charge in [-0.1, -0.05) is 39.0 Å². The first kappa shape index (κ1) is 15.5. The van der Waals surface area contributed by atoms with Crippen LogP contribution in [0.4, 0.5) is 0 Å². The number of amides is 1. The molecular formula is C16H25NO2. The molecular weight excluding hydrogens is 238 g/mol. The summed E-state index contributed by atoms with van der Waals surface area (Å²) in [6.45, 7) is 4.73. The molecule has 0 saturated carbocycles. The van der Waals surface area contributed by atoms with Crippen LogP contribution in [0.3, 0.4) is 0 Å². The van der Waals surface area contributed by atoms with E-state index in [4.69, 9.17) is 0 Å². The van der Waals surface area contributed by atoms with Crippen LogP contribution < -0.4 is 5.32 Å². The molecule has 3 nitrogen and oxygen atoms in total. The summed E-state index contributed by atoms with van der Waals surface area (Å²) < 4.78 is 0. The van der Waals surface area contributed by atoms with Crippen molar-refractivity contribution in [1.82, 2.24) is 5.32 Å². The number of phenolic OH excluding ortho intramolecular Hbond substituents is 1. The van der Waals surface area contributed by atoms with Gasteiger partial charge >= 0.3 is 0 Å². The quantitative estimate of drug-likeness (QED) is 0.701. The van der Waals surface area contributed by atoms with E-state index < -0.39 is 0 Å². The number of hydrogen-bond donors (Lipinski definition) is 2. The van der Waals surface area contributed by atoms with Crippen molar-refractivity contribution in [2.24, 2.45) is 0 Å². The van der Waals surface area contributed by atoms with Crippen molar-refractivity contribution in [3.8, 4) is 5.75 Å². The lowest BCUT2D eigenvalue weighted by molar-refractivity contribution is 0.0953. The molecule has 0 bridgehead atoms. The minimum Gasteiger partial charge on any atom is -0.508 e. The molecule has 0 unspecified atom stereocenters. The average Bonchev–Trinajstić information content (AvgIpc) is 2.40. The predicted octanol–water partition coefficient (Wildman–Crippen LogP) is 3.79. The minimum atomic E-state index is -0.0586. The normalized spacial score (nSPS) is 10.4. The first-order chi connectivity index (χ1) is 9.15. The molecule has 0 aromatic heterocycles. The average molecular weight is 263 g/mol. The molecule has 106 valence electrons. The molecule has 0 fully saturated rings. The lowest BCUT2D eigenvalue weighted by Crippen LogP contribution is -2.24. The molecule has 0 radical (unpaired) electrons. The van der Waals surface area contributed by atoms with E-state index in [0.717, 1.165) is 18.5 Å². The van der Waals surface area contributed by atoms with Gasteiger partial charge in [-0.2, -0.15) is 0 Å². The third-order valence-corrected chi connectivity index (χ3v) is 3.27. The van der Waals surface area contributed by atoms with Gasteiger partial charge in [0.15, 0.2) is 0 Å². The summed E-state index contributed by atoms with van der Waals surface area (Å²) in [5.74, 6) is 0.170. The Labute approximate surface area is 116 Å². The van der Waals surface area contributed by atoms with E-state index in [1.807, 2.05) is 0 Å². The second-order valence-corrected chi connectivity index (χ2v) is 5.02. The van der Waals surface area contributed by atoms with E-state index in [1.54, 1.807) is 25.1 Å². The van der Waals surface area contributed by atoms with Crippen molar-refractivity contribution in [3.05, 3.63) is 29.3 Å². The molecule has 0 atom stereocenters. The highest BCUT2D eigenvalue weighted by Gasteiger charge is 2.06. The van der Waals surface area contributed by atoms with Gasteiger partial charge in [-0.15, -0.1) is 0 Å². The first-order valence-corrected chi connectivity index (χ1v) is 7.23. The van der Waals surface area contributed by atoms with Crippen LogP contribution in [-0.4, -0.2) is 17.6 Å². The fraction of sp³-hybridized carbons (Fsp3) is 0.562. The number of unbranched alkanes of at least 4 members (excludes halogenated alkanes) is 5. The number of nitrogens with one attached hydrogen (secondary N) is 1. The number of aromatic hydroxyl groups is 1. The van der Waals surface area contributed by atoms with Gasteiger partial charge in [-0.05, 0) is 37.1 Å². The van der Waals surface area contributed by atoms with E-state index in [0.29, 0.717) is 5.56 Å². The van der Waals surface area contributed by atoms with Crippen molar-refractivity contribution in [3.63, 3.8) is 0 Å². The molecule has 0 saturated heterocycles. The first-order valence-electron chi connectivity index (χ1n) is 7.23. The predicted molar refractivity (Wildman–Crippen MR) is 78.6 cm³/mol. The van der Waals surface area contributed by atoms with Crippen molar-refractivity contribution < 1.29 is 9.90 Å². The van der Waals surface area contributed by atoms with Crippen LogP contribution in [0.5, 0.6) is 5.75 Å². The Morgan fingerprint density at radius 2 is 1.84 bits per heavy atom. The summed E-state index contributed by atoms with van der Waals surface area (Å²) in [6, 6.07) is 4.93. The summed E-state index contributed by atoms with van der Waals surface area (Å²) >= 11 is 0. The Balaban J connectivity index is 2.22. The molecule has 1 aromatic carbocycles. The summed E-state index contributed by atoms with van der Waals surface area (Å²) in [5, 5.41) is 12.3. The van der Waals surface area contributed by atoms with Crippen LogP contribution in [0.2, 0.25) is 0 Å². The molecule has 3 heteroatoms. The molecule has 2 N–H and O–H groups in total. The van der Waals surface area contributed by atoms with Crippen LogP contribution in [-0.2, 0) is 0 Å². The Morgan fingerprint density at radius 3 is 2.53 bits per heavy atom. The largest absolute Gasteiger partial charge is 0.508 e. The maximum atomic E-state index is 11.9. The Kier molecular flexibility index (Phi) is 7.01. The van der Waals surface area contributed by atoms with Gasteiger partial charge in [-0.3, -0.25) is 4.79 Å². The molecule has 1 aromatic rings. The second-order valence-electron chi connectivity index (χ2n) is 5.02. The summed E-state index contributed by atoms with van der Waals surface area (Å²) in [5.41, 5.74) is 1.34. The highest BCUT2D eigenvalue weighted by molar-refractivity contribution is 5.94.